The first kappa shape index (κ1) is 18.5. The van der Waals surface area contributed by atoms with E-state index in [2.05, 4.69) is 17.1 Å². The highest BCUT2D eigenvalue weighted by molar-refractivity contribution is 5.77. The summed E-state index contributed by atoms with van der Waals surface area (Å²) in [6.45, 7) is 5.90. The summed E-state index contributed by atoms with van der Waals surface area (Å²) in [5.41, 5.74) is 4.75. The predicted octanol–water partition coefficient (Wildman–Crippen LogP) is 2.98. The number of fused-ring (bicyclic) bond motifs is 1. The molecule has 1 fully saturated rings. The van der Waals surface area contributed by atoms with E-state index in [1.54, 1.807) is 10.6 Å². The number of hydrogen-bond acceptors (Lipinski definition) is 4. The number of amides is 1. The largest absolute Gasteiger partial charge is 0.419 e. The van der Waals surface area contributed by atoms with Crippen LogP contribution in [0.2, 0.25) is 0 Å². The lowest BCUT2D eigenvalue weighted by Crippen LogP contribution is -2.40. The smallest absolute Gasteiger partial charge is 0.408 e. The number of benzene rings is 1. The number of hydrogen-bond donors (Lipinski definition) is 1. The molecule has 1 aliphatic rings. The van der Waals surface area contributed by atoms with Crippen LogP contribution >= 0.6 is 0 Å². The zero-order chi connectivity index (χ0) is 19.7. The minimum Gasteiger partial charge on any atom is -0.408 e. The minimum absolute atomic E-state index is 0.0798. The number of piperidine rings is 1. The molecule has 0 radical (unpaired) electrons. The van der Waals surface area contributed by atoms with Crippen molar-refractivity contribution in [3.8, 4) is 0 Å². The zero-order valence-electron chi connectivity index (χ0n) is 16.4. The van der Waals surface area contributed by atoms with Crippen LogP contribution in [0.4, 0.5) is 0 Å². The van der Waals surface area contributed by atoms with E-state index in [1.807, 2.05) is 30.2 Å². The first-order valence-corrected chi connectivity index (χ1v) is 9.96. The van der Waals surface area contributed by atoms with Crippen LogP contribution in [-0.4, -0.2) is 38.7 Å². The number of carbonyl (C=O) groups excluding carboxylic acids is 1. The highest BCUT2D eigenvalue weighted by atomic mass is 16.4. The quantitative estimate of drug-likeness (QED) is 0.735. The SMILES string of the molecule is CCc1cn[nH]c1C1CCCN(C(=O)CCn2c(=O)oc3ccc(C)cc32)C1. The van der Waals surface area contributed by atoms with Gasteiger partial charge in [0.05, 0.1) is 11.7 Å². The average Bonchev–Trinajstić information content (AvgIpc) is 3.30. The molecule has 0 bridgehead atoms. The Morgan fingerprint density at radius 3 is 3.07 bits per heavy atom. The molecule has 2 aromatic heterocycles. The zero-order valence-corrected chi connectivity index (χ0v) is 16.4. The average molecular weight is 382 g/mol. The van der Waals surface area contributed by atoms with Crippen molar-refractivity contribution in [3.05, 3.63) is 51.8 Å². The fourth-order valence-corrected chi connectivity index (χ4v) is 4.15. The number of aromatic amines is 1. The van der Waals surface area contributed by atoms with Gasteiger partial charge in [-0.15, -0.1) is 0 Å². The maximum Gasteiger partial charge on any atom is 0.419 e. The second-order valence-corrected chi connectivity index (χ2v) is 7.58. The van der Waals surface area contributed by atoms with Gasteiger partial charge in [-0.05, 0) is 49.4 Å². The van der Waals surface area contributed by atoms with E-state index in [4.69, 9.17) is 4.42 Å². The van der Waals surface area contributed by atoms with Crippen LogP contribution in [0.1, 0.15) is 48.9 Å². The van der Waals surface area contributed by atoms with Gasteiger partial charge in [0.2, 0.25) is 5.91 Å². The Hall–Kier alpha value is -2.83. The Kier molecular flexibility index (Phi) is 5.07. The van der Waals surface area contributed by atoms with Crippen molar-refractivity contribution < 1.29 is 9.21 Å². The standard InChI is InChI=1S/C21H26N4O3/c1-3-15-12-22-23-20(15)16-5-4-9-24(13-16)19(26)8-10-25-17-11-14(2)6-7-18(17)28-21(25)27/h6-7,11-12,16H,3-5,8-10,13H2,1-2H3,(H,22,23). The number of nitrogens with one attached hydrogen (secondary N) is 1. The molecule has 1 atom stereocenters. The topological polar surface area (TPSA) is 84.1 Å². The molecule has 3 aromatic rings. The number of aryl methyl sites for hydroxylation is 3. The maximum atomic E-state index is 12.8. The number of oxazole rings is 1. The predicted molar refractivity (Wildman–Crippen MR) is 106 cm³/mol. The number of carbonyl (C=O) groups is 1. The second-order valence-electron chi connectivity index (χ2n) is 7.58. The van der Waals surface area contributed by atoms with Crippen molar-refractivity contribution in [2.24, 2.45) is 0 Å². The van der Waals surface area contributed by atoms with Gasteiger partial charge in [-0.2, -0.15) is 5.10 Å². The van der Waals surface area contributed by atoms with Crippen LogP contribution in [0.5, 0.6) is 0 Å². The molecule has 1 N–H and O–H groups in total. The normalized spacial score (nSPS) is 17.4. The van der Waals surface area contributed by atoms with Gasteiger partial charge in [-0.3, -0.25) is 14.5 Å². The van der Waals surface area contributed by atoms with Crippen molar-refractivity contribution in [2.45, 2.75) is 52.0 Å². The van der Waals surface area contributed by atoms with Crippen molar-refractivity contribution in [3.63, 3.8) is 0 Å². The Labute approximate surface area is 163 Å². The molecule has 4 rings (SSSR count). The van der Waals surface area contributed by atoms with E-state index >= 15 is 0 Å². The summed E-state index contributed by atoms with van der Waals surface area (Å²) >= 11 is 0. The molecule has 1 unspecified atom stereocenters. The second kappa shape index (κ2) is 7.66. The molecular formula is C21H26N4O3. The molecule has 0 saturated carbocycles. The number of rotatable bonds is 5. The summed E-state index contributed by atoms with van der Waals surface area (Å²) in [7, 11) is 0. The Bertz CT molecular complexity index is 1050. The lowest BCUT2D eigenvalue weighted by atomic mass is 9.92. The number of aromatic nitrogens is 3. The van der Waals surface area contributed by atoms with Gasteiger partial charge in [0, 0.05) is 37.7 Å². The Balaban J connectivity index is 1.45. The number of likely N-dealkylation sites (tertiary alicyclic amines) is 1. The summed E-state index contributed by atoms with van der Waals surface area (Å²) in [5, 5.41) is 7.30. The number of H-pyrrole nitrogens is 1. The Morgan fingerprint density at radius 1 is 1.39 bits per heavy atom. The third-order valence-electron chi connectivity index (χ3n) is 5.69. The summed E-state index contributed by atoms with van der Waals surface area (Å²) < 4.78 is 6.86. The van der Waals surface area contributed by atoms with Crippen molar-refractivity contribution in [1.29, 1.82) is 0 Å². The Morgan fingerprint density at radius 2 is 2.25 bits per heavy atom. The van der Waals surface area contributed by atoms with E-state index < -0.39 is 5.76 Å². The van der Waals surface area contributed by atoms with Crippen LogP contribution in [0, 0.1) is 6.92 Å². The summed E-state index contributed by atoms with van der Waals surface area (Å²) in [4.78, 5) is 26.9. The molecule has 1 amide bonds. The van der Waals surface area contributed by atoms with Gasteiger partial charge in [0.25, 0.3) is 0 Å². The highest BCUT2D eigenvalue weighted by Gasteiger charge is 2.27. The van der Waals surface area contributed by atoms with Gasteiger partial charge in [-0.1, -0.05) is 13.0 Å². The van der Waals surface area contributed by atoms with Crippen molar-refractivity contribution in [1.82, 2.24) is 19.7 Å². The van der Waals surface area contributed by atoms with Gasteiger partial charge >= 0.3 is 5.76 Å². The van der Waals surface area contributed by atoms with Gasteiger partial charge < -0.3 is 9.32 Å². The van der Waals surface area contributed by atoms with E-state index in [0.717, 1.165) is 42.6 Å². The lowest BCUT2D eigenvalue weighted by Gasteiger charge is -2.32. The van der Waals surface area contributed by atoms with Crippen molar-refractivity contribution in [2.75, 3.05) is 13.1 Å². The minimum atomic E-state index is -0.407. The number of nitrogens with zero attached hydrogens (tertiary/aromatic N) is 3. The lowest BCUT2D eigenvalue weighted by molar-refractivity contribution is -0.132. The molecule has 148 valence electrons. The molecule has 28 heavy (non-hydrogen) atoms. The van der Waals surface area contributed by atoms with Crippen LogP contribution in [0.3, 0.4) is 0 Å². The first-order valence-electron chi connectivity index (χ1n) is 9.96. The van der Waals surface area contributed by atoms with Crippen LogP contribution in [-0.2, 0) is 17.8 Å². The summed E-state index contributed by atoms with van der Waals surface area (Å²) in [6.07, 6.45) is 5.15. The highest BCUT2D eigenvalue weighted by Crippen LogP contribution is 2.28. The molecule has 0 aliphatic carbocycles. The molecule has 0 spiro atoms. The summed E-state index contributed by atoms with van der Waals surface area (Å²) in [5.74, 6) is -0.0265. The maximum absolute atomic E-state index is 12.8. The molecule has 3 heterocycles. The van der Waals surface area contributed by atoms with E-state index in [0.29, 0.717) is 31.0 Å². The van der Waals surface area contributed by atoms with Crippen LogP contribution in [0.15, 0.2) is 33.6 Å². The van der Waals surface area contributed by atoms with E-state index in [9.17, 15) is 9.59 Å². The summed E-state index contributed by atoms with van der Waals surface area (Å²) in [6, 6.07) is 5.64. The third kappa shape index (κ3) is 3.48. The van der Waals surface area contributed by atoms with Crippen molar-refractivity contribution >= 4 is 17.0 Å². The fourth-order valence-electron chi connectivity index (χ4n) is 4.15. The first-order chi connectivity index (χ1) is 13.6. The molecular weight excluding hydrogens is 356 g/mol. The van der Waals surface area contributed by atoms with Gasteiger partial charge in [-0.25, -0.2) is 4.79 Å². The van der Waals surface area contributed by atoms with E-state index in [-0.39, 0.29) is 5.91 Å². The molecule has 1 aromatic carbocycles. The molecule has 1 saturated heterocycles. The van der Waals surface area contributed by atoms with Gasteiger partial charge in [0.15, 0.2) is 5.58 Å². The monoisotopic (exact) mass is 382 g/mol. The van der Waals surface area contributed by atoms with E-state index in [1.165, 1.54) is 5.56 Å². The van der Waals surface area contributed by atoms with Crippen LogP contribution < -0.4 is 5.76 Å². The molecule has 1 aliphatic heterocycles. The molecule has 7 heteroatoms. The fraction of sp³-hybridized carbons (Fsp3) is 0.476. The van der Waals surface area contributed by atoms with Crippen LogP contribution in [0.25, 0.3) is 11.1 Å². The van der Waals surface area contributed by atoms with Gasteiger partial charge in [0.1, 0.15) is 0 Å². The molecule has 7 nitrogen and oxygen atoms in total. The third-order valence-corrected chi connectivity index (χ3v) is 5.69.